The van der Waals surface area contributed by atoms with Gasteiger partial charge in [0.2, 0.25) is 0 Å². The summed E-state index contributed by atoms with van der Waals surface area (Å²) >= 11 is 0. The van der Waals surface area contributed by atoms with Crippen molar-refractivity contribution in [1.29, 1.82) is 0 Å². The molecule has 0 saturated heterocycles. The molecule has 0 heterocycles. The highest BCUT2D eigenvalue weighted by Gasteiger charge is 2.11. The van der Waals surface area contributed by atoms with Gasteiger partial charge in [-0.15, -0.1) is 0 Å². The third-order valence-corrected chi connectivity index (χ3v) is 5.49. The summed E-state index contributed by atoms with van der Waals surface area (Å²) < 4.78 is 20.0. The molecule has 3 aromatic rings. The quantitative estimate of drug-likeness (QED) is 0.191. The van der Waals surface area contributed by atoms with Crippen molar-refractivity contribution in [3.8, 4) is 16.9 Å². The molecule has 31 heavy (non-hydrogen) atoms. The van der Waals surface area contributed by atoms with Gasteiger partial charge in [-0.1, -0.05) is 69.5 Å². The molecule has 3 aromatic carbocycles. The fourth-order valence-corrected chi connectivity index (χ4v) is 3.58. The highest BCUT2D eigenvalue weighted by atomic mass is 19.1. The Morgan fingerprint density at radius 2 is 1.42 bits per heavy atom. The first-order chi connectivity index (χ1) is 15.1. The highest BCUT2D eigenvalue weighted by Crippen LogP contribution is 2.25. The van der Waals surface area contributed by atoms with Gasteiger partial charge >= 0.3 is 5.97 Å². The highest BCUT2D eigenvalue weighted by molar-refractivity contribution is 5.91. The minimum absolute atomic E-state index is 0.233. The lowest BCUT2D eigenvalue weighted by molar-refractivity contribution is 0.0734. The van der Waals surface area contributed by atoms with Crippen LogP contribution < -0.4 is 4.74 Å². The Morgan fingerprint density at radius 1 is 0.774 bits per heavy atom. The summed E-state index contributed by atoms with van der Waals surface area (Å²) in [6.07, 6.45) is 7.66. The second-order valence-electron chi connectivity index (χ2n) is 7.99. The van der Waals surface area contributed by atoms with Gasteiger partial charge in [0.05, 0.1) is 5.56 Å². The van der Waals surface area contributed by atoms with E-state index in [-0.39, 0.29) is 5.82 Å². The predicted molar refractivity (Wildman–Crippen MR) is 125 cm³/mol. The molecule has 0 fully saturated rings. The third kappa shape index (κ3) is 6.52. The number of aryl methyl sites for hydroxylation is 2. The number of unbranched alkanes of at least 4 members (excludes halogenated alkanes) is 3. The summed E-state index contributed by atoms with van der Waals surface area (Å²) in [4.78, 5) is 12.5. The molecule has 0 aliphatic carbocycles. The van der Waals surface area contributed by atoms with Gasteiger partial charge in [-0.25, -0.2) is 9.18 Å². The summed E-state index contributed by atoms with van der Waals surface area (Å²) in [6.45, 7) is 4.32. The Kier molecular flexibility index (Phi) is 8.40. The first-order valence-corrected chi connectivity index (χ1v) is 11.3. The molecule has 0 aliphatic heterocycles. The maximum absolute atomic E-state index is 14.5. The van der Waals surface area contributed by atoms with Crippen molar-refractivity contribution in [2.24, 2.45) is 0 Å². The average Bonchev–Trinajstić information content (AvgIpc) is 2.79. The molecule has 0 aromatic heterocycles. The average molecular weight is 419 g/mol. The molecule has 3 rings (SSSR count). The van der Waals surface area contributed by atoms with Gasteiger partial charge in [0, 0.05) is 5.56 Å². The number of carbonyl (C=O) groups is 1. The summed E-state index contributed by atoms with van der Waals surface area (Å²) in [7, 11) is 0. The van der Waals surface area contributed by atoms with Crippen molar-refractivity contribution in [2.45, 2.75) is 58.8 Å². The molecule has 0 radical (unpaired) electrons. The summed E-state index contributed by atoms with van der Waals surface area (Å²) in [5.74, 6) is -0.120. The van der Waals surface area contributed by atoms with Gasteiger partial charge in [0.1, 0.15) is 11.6 Å². The lowest BCUT2D eigenvalue weighted by atomic mass is 10.00. The van der Waals surface area contributed by atoms with Crippen LogP contribution >= 0.6 is 0 Å². The number of ether oxygens (including phenoxy) is 1. The van der Waals surface area contributed by atoms with Gasteiger partial charge in [-0.3, -0.25) is 0 Å². The lowest BCUT2D eigenvalue weighted by Crippen LogP contribution is -2.08. The van der Waals surface area contributed by atoms with E-state index in [1.54, 1.807) is 30.3 Å². The van der Waals surface area contributed by atoms with E-state index < -0.39 is 5.97 Å². The molecule has 0 spiro atoms. The first kappa shape index (κ1) is 22.7. The van der Waals surface area contributed by atoms with Crippen LogP contribution in [0.15, 0.2) is 66.7 Å². The van der Waals surface area contributed by atoms with Crippen molar-refractivity contribution in [1.82, 2.24) is 0 Å². The third-order valence-electron chi connectivity index (χ3n) is 5.49. The first-order valence-electron chi connectivity index (χ1n) is 11.3. The van der Waals surface area contributed by atoms with Crippen LogP contribution in [0.25, 0.3) is 11.1 Å². The van der Waals surface area contributed by atoms with Gasteiger partial charge in [0.15, 0.2) is 0 Å². The number of hydrogen-bond acceptors (Lipinski definition) is 2. The zero-order chi connectivity index (χ0) is 22.1. The van der Waals surface area contributed by atoms with Crippen LogP contribution in [0, 0.1) is 5.82 Å². The van der Waals surface area contributed by atoms with Gasteiger partial charge < -0.3 is 4.74 Å². The van der Waals surface area contributed by atoms with Crippen LogP contribution in [-0.4, -0.2) is 5.97 Å². The second kappa shape index (κ2) is 11.5. The van der Waals surface area contributed by atoms with Crippen LogP contribution in [0.1, 0.15) is 67.4 Å². The Hall–Kier alpha value is -2.94. The van der Waals surface area contributed by atoms with E-state index in [0.717, 1.165) is 36.8 Å². The van der Waals surface area contributed by atoms with Crippen LogP contribution in [0.3, 0.4) is 0 Å². The maximum Gasteiger partial charge on any atom is 0.343 e. The van der Waals surface area contributed by atoms with Crippen LogP contribution in [0.2, 0.25) is 0 Å². The Bertz CT molecular complexity index is 975. The SMILES string of the molecule is CCCCCc1ccc(OC(=O)c2ccc(-c3ccc(CCCC)cc3F)cc2)cc1. The smallest absolute Gasteiger partial charge is 0.343 e. The number of benzene rings is 3. The number of esters is 1. The largest absolute Gasteiger partial charge is 0.423 e. The second-order valence-corrected chi connectivity index (χ2v) is 7.99. The van der Waals surface area contributed by atoms with Crippen molar-refractivity contribution < 1.29 is 13.9 Å². The normalized spacial score (nSPS) is 10.8. The van der Waals surface area contributed by atoms with E-state index in [1.165, 1.54) is 24.8 Å². The molecular formula is C28H31FO2. The molecule has 0 saturated carbocycles. The van der Waals surface area contributed by atoms with E-state index in [2.05, 4.69) is 13.8 Å². The molecule has 0 bridgehead atoms. The van der Waals surface area contributed by atoms with Crippen LogP contribution in [0.5, 0.6) is 5.75 Å². The zero-order valence-corrected chi connectivity index (χ0v) is 18.5. The van der Waals surface area contributed by atoms with Crippen LogP contribution in [-0.2, 0) is 12.8 Å². The van der Waals surface area contributed by atoms with Gasteiger partial charge in [-0.05, 0) is 72.7 Å². The Labute approximate surface area is 185 Å². The van der Waals surface area contributed by atoms with Crippen LogP contribution in [0.4, 0.5) is 4.39 Å². The molecular weight excluding hydrogens is 387 g/mol. The van der Waals surface area contributed by atoms with E-state index in [9.17, 15) is 9.18 Å². The monoisotopic (exact) mass is 418 g/mol. The summed E-state index contributed by atoms with van der Waals surface area (Å²) in [5, 5.41) is 0. The molecule has 162 valence electrons. The zero-order valence-electron chi connectivity index (χ0n) is 18.5. The van der Waals surface area contributed by atoms with Crippen molar-refractivity contribution in [3.05, 3.63) is 89.2 Å². The molecule has 0 unspecified atom stereocenters. The van der Waals surface area contributed by atoms with Gasteiger partial charge in [0.25, 0.3) is 0 Å². The number of rotatable bonds is 10. The molecule has 0 aliphatic rings. The molecule has 0 atom stereocenters. The van der Waals surface area contributed by atoms with E-state index in [4.69, 9.17) is 4.74 Å². The lowest BCUT2D eigenvalue weighted by Gasteiger charge is -2.08. The summed E-state index contributed by atoms with van der Waals surface area (Å²) in [6, 6.07) is 20.0. The predicted octanol–water partition coefficient (Wildman–Crippen LogP) is 7.79. The van der Waals surface area contributed by atoms with E-state index in [1.807, 2.05) is 36.4 Å². The topological polar surface area (TPSA) is 26.3 Å². The van der Waals surface area contributed by atoms with Crippen molar-refractivity contribution in [2.75, 3.05) is 0 Å². The minimum atomic E-state index is -0.416. The van der Waals surface area contributed by atoms with Gasteiger partial charge in [-0.2, -0.15) is 0 Å². The number of halogens is 1. The number of hydrogen-bond donors (Lipinski definition) is 0. The standard InChI is InChI=1S/C28H31FO2/c1-3-5-7-9-21-10-17-25(18-11-21)31-28(30)24-15-13-23(14-16-24)26-19-12-22(8-6-4-2)20-27(26)29/h10-20H,3-9H2,1-2H3. The molecule has 0 N–H and O–H groups in total. The summed E-state index contributed by atoms with van der Waals surface area (Å²) in [5.41, 5.74) is 3.99. The van der Waals surface area contributed by atoms with Crippen molar-refractivity contribution in [3.63, 3.8) is 0 Å². The van der Waals surface area contributed by atoms with Crippen molar-refractivity contribution >= 4 is 5.97 Å². The fourth-order valence-electron chi connectivity index (χ4n) is 3.58. The maximum atomic E-state index is 14.5. The number of carbonyl (C=O) groups excluding carboxylic acids is 1. The molecule has 2 nitrogen and oxygen atoms in total. The molecule has 3 heteroatoms. The Balaban J connectivity index is 1.62. The van der Waals surface area contributed by atoms with E-state index in [0.29, 0.717) is 16.9 Å². The van der Waals surface area contributed by atoms with E-state index >= 15 is 0 Å². The fraction of sp³-hybridized carbons (Fsp3) is 0.321. The molecule has 0 amide bonds. The minimum Gasteiger partial charge on any atom is -0.423 e. The Morgan fingerprint density at radius 3 is 2.06 bits per heavy atom.